The second-order valence-corrected chi connectivity index (χ2v) is 6.57. The summed E-state index contributed by atoms with van der Waals surface area (Å²) < 4.78 is 0. The maximum atomic E-state index is 12.2. The molecule has 1 saturated carbocycles. The van der Waals surface area contributed by atoms with Crippen molar-refractivity contribution in [1.82, 2.24) is 9.88 Å². The molecule has 1 aromatic rings. The molecule has 0 aromatic carbocycles. The number of rotatable bonds is 1. The maximum Gasteiger partial charge on any atom is 0.298 e. The van der Waals surface area contributed by atoms with Gasteiger partial charge in [0.25, 0.3) is 5.91 Å². The fourth-order valence-corrected chi connectivity index (χ4v) is 3.66. The van der Waals surface area contributed by atoms with E-state index in [4.69, 9.17) is 0 Å². The van der Waals surface area contributed by atoms with E-state index in [9.17, 15) is 4.79 Å². The Kier molecular flexibility index (Phi) is 4.76. The second kappa shape index (κ2) is 6.95. The van der Waals surface area contributed by atoms with Crippen molar-refractivity contribution in [2.45, 2.75) is 32.1 Å². The van der Waals surface area contributed by atoms with Crippen LogP contribution in [0.1, 0.15) is 32.1 Å². The molecule has 0 bridgehead atoms. The van der Waals surface area contributed by atoms with E-state index in [1.165, 1.54) is 19.3 Å². The van der Waals surface area contributed by atoms with E-state index in [-0.39, 0.29) is 5.91 Å². The quantitative estimate of drug-likeness (QED) is 0.747. The van der Waals surface area contributed by atoms with E-state index in [1.54, 1.807) is 11.3 Å². The Morgan fingerprint density at radius 1 is 1.19 bits per heavy atom. The van der Waals surface area contributed by atoms with Crippen LogP contribution in [0.4, 0.5) is 5.13 Å². The van der Waals surface area contributed by atoms with Gasteiger partial charge in [0.1, 0.15) is 0 Å². The van der Waals surface area contributed by atoms with Gasteiger partial charge >= 0.3 is 0 Å². The van der Waals surface area contributed by atoms with Crippen LogP contribution >= 0.6 is 11.3 Å². The third-order valence-corrected chi connectivity index (χ3v) is 5.08. The highest BCUT2D eigenvalue weighted by Gasteiger charge is 2.21. The van der Waals surface area contributed by atoms with Gasteiger partial charge in [0, 0.05) is 43.7 Å². The van der Waals surface area contributed by atoms with Crippen molar-refractivity contribution in [3.8, 4) is 11.8 Å². The number of nitrogens with zero attached hydrogens (tertiary/aromatic N) is 3. The molecule has 1 aliphatic heterocycles. The largest absolute Gasteiger partial charge is 0.345 e. The molecule has 1 saturated heterocycles. The van der Waals surface area contributed by atoms with Gasteiger partial charge in [-0.1, -0.05) is 25.2 Å². The Morgan fingerprint density at radius 3 is 2.62 bits per heavy atom. The molecule has 1 aromatic heterocycles. The Balaban J connectivity index is 1.49. The summed E-state index contributed by atoms with van der Waals surface area (Å²) in [5, 5.41) is 3.04. The van der Waals surface area contributed by atoms with Gasteiger partial charge in [-0.25, -0.2) is 4.98 Å². The van der Waals surface area contributed by atoms with Gasteiger partial charge in [-0.3, -0.25) is 4.79 Å². The molecular weight excluding hydrogens is 282 g/mol. The number of amides is 1. The Morgan fingerprint density at radius 2 is 1.95 bits per heavy atom. The first-order chi connectivity index (χ1) is 10.3. The van der Waals surface area contributed by atoms with Crippen molar-refractivity contribution in [3.63, 3.8) is 0 Å². The molecule has 5 heteroatoms. The van der Waals surface area contributed by atoms with Gasteiger partial charge in [0.05, 0.1) is 0 Å². The molecule has 0 N–H and O–H groups in total. The maximum absolute atomic E-state index is 12.2. The topological polar surface area (TPSA) is 36.4 Å². The third-order valence-electron chi connectivity index (χ3n) is 4.25. The highest BCUT2D eigenvalue weighted by molar-refractivity contribution is 7.13. The summed E-state index contributed by atoms with van der Waals surface area (Å²) in [5.74, 6) is 6.51. The second-order valence-electron chi connectivity index (χ2n) is 5.70. The van der Waals surface area contributed by atoms with Gasteiger partial charge in [-0.2, -0.15) is 0 Å². The fraction of sp³-hybridized carbons (Fsp3) is 0.625. The monoisotopic (exact) mass is 303 g/mol. The Labute approximate surface area is 130 Å². The molecule has 0 atom stereocenters. The van der Waals surface area contributed by atoms with Crippen LogP contribution in [-0.4, -0.2) is 42.0 Å². The van der Waals surface area contributed by atoms with Crippen LogP contribution < -0.4 is 4.90 Å². The predicted octanol–water partition coefficient (Wildman–Crippen LogP) is 2.38. The Hall–Kier alpha value is -1.54. The zero-order chi connectivity index (χ0) is 14.5. The van der Waals surface area contributed by atoms with Crippen LogP contribution in [0, 0.1) is 17.8 Å². The van der Waals surface area contributed by atoms with E-state index in [0.29, 0.717) is 5.92 Å². The number of anilines is 1. The first-order valence-electron chi connectivity index (χ1n) is 7.78. The van der Waals surface area contributed by atoms with Crippen LogP contribution in [0.15, 0.2) is 11.6 Å². The molecule has 1 amide bonds. The van der Waals surface area contributed by atoms with Gasteiger partial charge in [-0.05, 0) is 18.8 Å². The van der Waals surface area contributed by atoms with E-state index >= 15 is 0 Å². The van der Waals surface area contributed by atoms with Crippen molar-refractivity contribution in [2.24, 2.45) is 5.92 Å². The fourth-order valence-electron chi connectivity index (χ4n) is 2.96. The third kappa shape index (κ3) is 3.76. The molecule has 2 fully saturated rings. The molecule has 0 spiro atoms. The molecule has 0 radical (unpaired) electrons. The SMILES string of the molecule is O=C(C#CC1CCCCC1)N1CCN(c2nccs2)CC1. The van der Waals surface area contributed by atoms with Gasteiger partial charge in [-0.15, -0.1) is 11.3 Å². The molecular formula is C16H21N3OS. The number of piperazine rings is 1. The standard InChI is InChI=1S/C16H21N3OS/c20-15(7-6-14-4-2-1-3-5-14)18-9-11-19(12-10-18)16-17-8-13-21-16/h8,13-14H,1-5,9-12H2. The minimum absolute atomic E-state index is 0.000591. The minimum Gasteiger partial charge on any atom is -0.345 e. The smallest absolute Gasteiger partial charge is 0.298 e. The summed E-state index contributed by atoms with van der Waals surface area (Å²) in [6.45, 7) is 3.20. The van der Waals surface area contributed by atoms with Crippen molar-refractivity contribution in [2.75, 3.05) is 31.1 Å². The van der Waals surface area contributed by atoms with Crippen molar-refractivity contribution >= 4 is 22.4 Å². The predicted molar refractivity (Wildman–Crippen MR) is 85.3 cm³/mol. The van der Waals surface area contributed by atoms with Crippen molar-refractivity contribution < 1.29 is 4.79 Å². The van der Waals surface area contributed by atoms with Crippen LogP contribution in [0.2, 0.25) is 0 Å². The van der Waals surface area contributed by atoms with E-state index in [0.717, 1.165) is 44.2 Å². The van der Waals surface area contributed by atoms with Crippen LogP contribution in [0.3, 0.4) is 0 Å². The number of carbonyl (C=O) groups is 1. The molecule has 0 unspecified atom stereocenters. The lowest BCUT2D eigenvalue weighted by Gasteiger charge is -2.33. The molecule has 21 heavy (non-hydrogen) atoms. The molecule has 112 valence electrons. The number of hydrogen-bond donors (Lipinski definition) is 0. The highest BCUT2D eigenvalue weighted by Crippen LogP contribution is 2.22. The summed E-state index contributed by atoms with van der Waals surface area (Å²) in [5.41, 5.74) is 0. The lowest BCUT2D eigenvalue weighted by molar-refractivity contribution is -0.125. The first-order valence-corrected chi connectivity index (χ1v) is 8.66. The van der Waals surface area contributed by atoms with Gasteiger partial charge in [0.2, 0.25) is 0 Å². The lowest BCUT2D eigenvalue weighted by atomic mass is 9.90. The summed E-state index contributed by atoms with van der Waals surface area (Å²) in [7, 11) is 0. The van der Waals surface area contributed by atoms with E-state index < -0.39 is 0 Å². The summed E-state index contributed by atoms with van der Waals surface area (Å²) in [6, 6.07) is 0. The Bertz CT molecular complexity index is 517. The van der Waals surface area contributed by atoms with E-state index in [1.807, 2.05) is 16.5 Å². The molecule has 3 rings (SSSR count). The molecule has 4 nitrogen and oxygen atoms in total. The summed E-state index contributed by atoms with van der Waals surface area (Å²) in [4.78, 5) is 20.6. The first kappa shape index (κ1) is 14.4. The zero-order valence-corrected chi connectivity index (χ0v) is 13.1. The summed E-state index contributed by atoms with van der Waals surface area (Å²) in [6.07, 6.45) is 8.01. The molecule has 2 aliphatic rings. The number of hydrogen-bond acceptors (Lipinski definition) is 4. The van der Waals surface area contributed by atoms with E-state index in [2.05, 4.69) is 21.7 Å². The highest BCUT2D eigenvalue weighted by atomic mass is 32.1. The molecule has 1 aliphatic carbocycles. The normalized spacial score (nSPS) is 20.0. The average molecular weight is 303 g/mol. The van der Waals surface area contributed by atoms with Crippen LogP contribution in [0.25, 0.3) is 0 Å². The van der Waals surface area contributed by atoms with Crippen LogP contribution in [0.5, 0.6) is 0 Å². The number of carbonyl (C=O) groups excluding carboxylic acids is 1. The number of aromatic nitrogens is 1. The van der Waals surface area contributed by atoms with Crippen molar-refractivity contribution in [1.29, 1.82) is 0 Å². The van der Waals surface area contributed by atoms with Gasteiger partial charge < -0.3 is 9.80 Å². The van der Waals surface area contributed by atoms with Crippen molar-refractivity contribution in [3.05, 3.63) is 11.6 Å². The zero-order valence-electron chi connectivity index (χ0n) is 12.3. The molecule has 2 heterocycles. The lowest BCUT2D eigenvalue weighted by Crippen LogP contribution is -2.48. The summed E-state index contributed by atoms with van der Waals surface area (Å²) >= 11 is 1.65. The average Bonchev–Trinajstić information content (AvgIpc) is 3.08. The van der Waals surface area contributed by atoms with Gasteiger partial charge in [0.15, 0.2) is 5.13 Å². The van der Waals surface area contributed by atoms with Crippen LogP contribution in [-0.2, 0) is 4.79 Å². The number of thiazole rings is 1. The minimum atomic E-state index is -0.000591.